The molecule has 0 spiro atoms. The second-order valence-corrected chi connectivity index (χ2v) is 7.83. The van der Waals surface area contributed by atoms with Gasteiger partial charge in [-0.05, 0) is 48.6 Å². The van der Waals surface area contributed by atoms with Gasteiger partial charge in [0.1, 0.15) is 0 Å². The Kier molecular flexibility index (Phi) is 9.49. The van der Waals surface area contributed by atoms with Crippen molar-refractivity contribution in [3.05, 3.63) is 33.9 Å². The molecule has 0 saturated heterocycles. The van der Waals surface area contributed by atoms with Crippen molar-refractivity contribution in [1.29, 1.82) is 0 Å². The van der Waals surface area contributed by atoms with Crippen molar-refractivity contribution in [2.75, 3.05) is 26.2 Å². The zero-order valence-electron chi connectivity index (χ0n) is 14.8. The summed E-state index contributed by atoms with van der Waals surface area (Å²) >= 11 is 3.64. The van der Waals surface area contributed by atoms with Crippen LogP contribution in [0.2, 0.25) is 0 Å². The van der Waals surface area contributed by atoms with Gasteiger partial charge in [0.2, 0.25) is 0 Å². The van der Waals surface area contributed by atoms with Crippen LogP contribution in [0.5, 0.6) is 0 Å². The monoisotopic (exact) mass is 420 g/mol. The number of nitrogens with zero attached hydrogens (tertiary/aromatic N) is 2. The summed E-state index contributed by atoms with van der Waals surface area (Å²) in [6.07, 6.45) is 0. The summed E-state index contributed by atoms with van der Waals surface area (Å²) in [5.41, 5.74) is 7.11. The van der Waals surface area contributed by atoms with E-state index in [1.807, 2.05) is 23.5 Å². The van der Waals surface area contributed by atoms with E-state index in [2.05, 4.69) is 47.5 Å². The van der Waals surface area contributed by atoms with Gasteiger partial charge in [-0.15, -0.1) is 24.8 Å². The second-order valence-electron chi connectivity index (χ2n) is 5.90. The molecule has 1 aromatic rings. The summed E-state index contributed by atoms with van der Waals surface area (Å²) in [6.45, 7) is 10.5. The van der Waals surface area contributed by atoms with Gasteiger partial charge < -0.3 is 10.6 Å². The van der Waals surface area contributed by atoms with Crippen LogP contribution in [-0.4, -0.2) is 36.5 Å². The SMILES string of the molecule is Cc1cc(C)c(CSC2=NCCN2)c(C)c1CSC1=NCCN1.Cl.Cl. The van der Waals surface area contributed by atoms with Gasteiger partial charge in [0.15, 0.2) is 10.3 Å². The standard InChI is InChI=1S/C17H24N4S2.2ClH/c1-11-8-12(2)15(10-23-17-20-6-7-21-17)13(3)14(11)9-22-16-18-4-5-19-16;;/h8H,4-7,9-10H2,1-3H3,(H,18,19)(H,20,21);2*1H. The summed E-state index contributed by atoms with van der Waals surface area (Å²) in [5, 5.41) is 8.85. The molecule has 0 bridgehead atoms. The molecule has 0 aliphatic carbocycles. The van der Waals surface area contributed by atoms with Crippen LogP contribution in [0.1, 0.15) is 27.8 Å². The van der Waals surface area contributed by atoms with E-state index in [4.69, 9.17) is 0 Å². The quantitative estimate of drug-likeness (QED) is 0.776. The van der Waals surface area contributed by atoms with E-state index in [0.29, 0.717) is 0 Å². The van der Waals surface area contributed by atoms with Gasteiger partial charge >= 0.3 is 0 Å². The Balaban J connectivity index is 0.00000156. The first-order valence-corrected chi connectivity index (χ1v) is 10.0. The molecule has 0 aromatic heterocycles. The Labute approximate surface area is 171 Å². The Morgan fingerprint density at radius 2 is 1.28 bits per heavy atom. The Hall–Kier alpha value is -0.560. The molecule has 2 N–H and O–H groups in total. The van der Waals surface area contributed by atoms with Crippen molar-refractivity contribution in [3.63, 3.8) is 0 Å². The lowest BCUT2D eigenvalue weighted by Crippen LogP contribution is -2.16. The molecule has 2 aliphatic rings. The maximum Gasteiger partial charge on any atom is 0.157 e. The molecular weight excluding hydrogens is 395 g/mol. The van der Waals surface area contributed by atoms with Crippen molar-refractivity contribution < 1.29 is 0 Å². The number of thioether (sulfide) groups is 2. The predicted molar refractivity (Wildman–Crippen MR) is 118 cm³/mol. The molecule has 0 unspecified atom stereocenters. The Morgan fingerprint density at radius 1 is 0.840 bits per heavy atom. The topological polar surface area (TPSA) is 48.8 Å². The lowest BCUT2D eigenvalue weighted by Gasteiger charge is -2.17. The maximum absolute atomic E-state index is 4.48. The van der Waals surface area contributed by atoms with Crippen LogP contribution in [0, 0.1) is 20.8 Å². The average molecular weight is 421 g/mol. The minimum absolute atomic E-state index is 0. The molecular formula is C17H26Cl2N4S2. The molecule has 8 heteroatoms. The third-order valence-corrected chi connectivity index (χ3v) is 6.24. The highest BCUT2D eigenvalue weighted by atomic mass is 35.5. The van der Waals surface area contributed by atoms with E-state index in [-0.39, 0.29) is 24.8 Å². The van der Waals surface area contributed by atoms with Crippen LogP contribution in [0.15, 0.2) is 16.1 Å². The lowest BCUT2D eigenvalue weighted by molar-refractivity contribution is 0.963. The van der Waals surface area contributed by atoms with Gasteiger partial charge in [-0.2, -0.15) is 0 Å². The van der Waals surface area contributed by atoms with Crippen molar-refractivity contribution >= 4 is 58.7 Å². The van der Waals surface area contributed by atoms with Crippen LogP contribution in [0.25, 0.3) is 0 Å². The fourth-order valence-corrected chi connectivity index (χ4v) is 5.17. The normalized spacial score (nSPS) is 15.5. The van der Waals surface area contributed by atoms with Gasteiger partial charge in [-0.3, -0.25) is 9.98 Å². The van der Waals surface area contributed by atoms with E-state index in [0.717, 1.165) is 48.0 Å². The van der Waals surface area contributed by atoms with Crippen LogP contribution in [-0.2, 0) is 11.5 Å². The van der Waals surface area contributed by atoms with Gasteiger partial charge in [-0.1, -0.05) is 29.6 Å². The fraction of sp³-hybridized carbons (Fsp3) is 0.529. The predicted octanol–water partition coefficient (Wildman–Crippen LogP) is 3.84. The number of rotatable bonds is 4. The highest BCUT2D eigenvalue weighted by Gasteiger charge is 2.15. The highest BCUT2D eigenvalue weighted by Crippen LogP contribution is 2.29. The lowest BCUT2D eigenvalue weighted by atomic mass is 9.95. The summed E-state index contributed by atoms with van der Waals surface area (Å²) in [6, 6.07) is 2.33. The molecule has 3 rings (SSSR count). The van der Waals surface area contributed by atoms with Gasteiger partial charge in [0.05, 0.1) is 13.1 Å². The molecule has 1 aromatic carbocycles. The second kappa shape index (κ2) is 10.6. The van der Waals surface area contributed by atoms with Crippen LogP contribution in [0.4, 0.5) is 0 Å². The van der Waals surface area contributed by atoms with Gasteiger partial charge in [0.25, 0.3) is 0 Å². The van der Waals surface area contributed by atoms with E-state index in [1.54, 1.807) is 0 Å². The van der Waals surface area contributed by atoms with E-state index >= 15 is 0 Å². The average Bonchev–Trinajstić information content (AvgIpc) is 3.19. The summed E-state index contributed by atoms with van der Waals surface area (Å²) in [7, 11) is 0. The smallest absolute Gasteiger partial charge is 0.157 e. The van der Waals surface area contributed by atoms with Gasteiger partial charge in [0, 0.05) is 24.6 Å². The number of amidine groups is 2. The van der Waals surface area contributed by atoms with Crippen molar-refractivity contribution in [2.45, 2.75) is 32.3 Å². The zero-order valence-corrected chi connectivity index (χ0v) is 18.1. The minimum Gasteiger partial charge on any atom is -0.363 e. The molecule has 0 fully saturated rings. The molecule has 0 saturated carbocycles. The van der Waals surface area contributed by atoms with E-state index in [9.17, 15) is 0 Å². The highest BCUT2D eigenvalue weighted by molar-refractivity contribution is 8.13. The molecule has 25 heavy (non-hydrogen) atoms. The van der Waals surface area contributed by atoms with Crippen molar-refractivity contribution in [3.8, 4) is 0 Å². The fourth-order valence-electron chi connectivity index (χ4n) is 2.94. The molecule has 2 heterocycles. The minimum atomic E-state index is 0. The molecule has 0 amide bonds. The molecule has 140 valence electrons. The third kappa shape index (κ3) is 5.71. The number of benzene rings is 1. The summed E-state index contributed by atoms with van der Waals surface area (Å²) in [5.74, 6) is 1.97. The molecule has 4 nitrogen and oxygen atoms in total. The summed E-state index contributed by atoms with van der Waals surface area (Å²) < 4.78 is 0. The largest absolute Gasteiger partial charge is 0.363 e. The Bertz CT molecular complexity index is 610. The van der Waals surface area contributed by atoms with Crippen LogP contribution < -0.4 is 10.6 Å². The van der Waals surface area contributed by atoms with Crippen LogP contribution in [0.3, 0.4) is 0 Å². The van der Waals surface area contributed by atoms with Crippen molar-refractivity contribution in [1.82, 2.24) is 10.6 Å². The number of nitrogens with one attached hydrogen (secondary N) is 2. The summed E-state index contributed by atoms with van der Waals surface area (Å²) in [4.78, 5) is 8.96. The third-order valence-electron chi connectivity index (χ3n) is 4.28. The first kappa shape index (κ1) is 22.5. The zero-order chi connectivity index (χ0) is 16.2. The number of aryl methyl sites for hydroxylation is 2. The van der Waals surface area contributed by atoms with Crippen LogP contribution >= 0.6 is 48.3 Å². The van der Waals surface area contributed by atoms with Gasteiger partial charge in [-0.25, -0.2) is 0 Å². The Morgan fingerprint density at radius 3 is 1.64 bits per heavy atom. The first-order chi connectivity index (χ1) is 11.1. The van der Waals surface area contributed by atoms with Crippen molar-refractivity contribution in [2.24, 2.45) is 9.98 Å². The number of aliphatic imine (C=N–C) groups is 2. The molecule has 2 aliphatic heterocycles. The van der Waals surface area contributed by atoms with E-state index in [1.165, 1.54) is 27.8 Å². The maximum atomic E-state index is 4.48. The molecule has 0 radical (unpaired) electrons. The molecule has 0 atom stereocenters. The number of hydrogen-bond acceptors (Lipinski definition) is 6. The number of halogens is 2. The first-order valence-electron chi connectivity index (χ1n) is 8.06. The number of hydrogen-bond donors (Lipinski definition) is 2. The van der Waals surface area contributed by atoms with E-state index < -0.39 is 0 Å².